The third kappa shape index (κ3) is 2.74. The SMILES string of the molecule is O=C(CN1CCCC1CO)N1CCCCC1. The normalized spacial score (nSPS) is 27.3. The summed E-state index contributed by atoms with van der Waals surface area (Å²) < 4.78 is 0. The maximum absolute atomic E-state index is 12.0. The summed E-state index contributed by atoms with van der Waals surface area (Å²) in [6, 6.07) is 0.216. The zero-order valence-corrected chi connectivity index (χ0v) is 9.90. The number of aliphatic hydroxyl groups excluding tert-OH is 1. The van der Waals surface area contributed by atoms with Crippen LogP contribution in [0.5, 0.6) is 0 Å². The van der Waals surface area contributed by atoms with Crippen LogP contribution in [0.4, 0.5) is 0 Å². The molecule has 1 N–H and O–H groups in total. The largest absolute Gasteiger partial charge is 0.395 e. The lowest BCUT2D eigenvalue weighted by Crippen LogP contribution is -2.44. The van der Waals surface area contributed by atoms with Crippen molar-refractivity contribution < 1.29 is 9.90 Å². The first-order valence-corrected chi connectivity index (χ1v) is 6.44. The summed E-state index contributed by atoms with van der Waals surface area (Å²) in [5.74, 6) is 0.250. The van der Waals surface area contributed by atoms with E-state index in [0.29, 0.717) is 6.54 Å². The number of hydrogen-bond donors (Lipinski definition) is 1. The van der Waals surface area contributed by atoms with Gasteiger partial charge in [-0.2, -0.15) is 0 Å². The van der Waals surface area contributed by atoms with E-state index in [9.17, 15) is 9.90 Å². The fraction of sp³-hybridized carbons (Fsp3) is 0.917. The number of carbonyl (C=O) groups is 1. The van der Waals surface area contributed by atoms with Gasteiger partial charge in [0.25, 0.3) is 0 Å². The van der Waals surface area contributed by atoms with Gasteiger partial charge in [-0.05, 0) is 38.6 Å². The summed E-state index contributed by atoms with van der Waals surface area (Å²) in [6.07, 6.45) is 5.69. The van der Waals surface area contributed by atoms with Crippen LogP contribution in [0.25, 0.3) is 0 Å². The number of nitrogens with zero attached hydrogens (tertiary/aromatic N) is 2. The first-order valence-electron chi connectivity index (χ1n) is 6.44. The van der Waals surface area contributed by atoms with Gasteiger partial charge in [0, 0.05) is 19.1 Å². The van der Waals surface area contributed by atoms with Gasteiger partial charge in [0.1, 0.15) is 0 Å². The molecule has 0 aromatic rings. The quantitative estimate of drug-likeness (QED) is 0.760. The maximum Gasteiger partial charge on any atom is 0.236 e. The molecule has 1 atom stereocenters. The summed E-state index contributed by atoms with van der Waals surface area (Å²) in [7, 11) is 0. The van der Waals surface area contributed by atoms with E-state index >= 15 is 0 Å². The molecule has 2 rings (SSSR count). The lowest BCUT2D eigenvalue weighted by Gasteiger charge is -2.30. The highest BCUT2D eigenvalue weighted by molar-refractivity contribution is 5.78. The Balaban J connectivity index is 1.81. The average Bonchev–Trinajstić information content (AvgIpc) is 2.77. The fourth-order valence-electron chi connectivity index (χ4n) is 2.73. The predicted molar refractivity (Wildman–Crippen MR) is 62.1 cm³/mol. The van der Waals surface area contributed by atoms with Crippen LogP contribution in [0.2, 0.25) is 0 Å². The number of carbonyl (C=O) groups excluding carboxylic acids is 1. The van der Waals surface area contributed by atoms with Crippen molar-refractivity contribution in [2.45, 2.75) is 38.1 Å². The van der Waals surface area contributed by atoms with Crippen LogP contribution in [0.15, 0.2) is 0 Å². The van der Waals surface area contributed by atoms with E-state index in [0.717, 1.165) is 45.3 Å². The molecule has 16 heavy (non-hydrogen) atoms. The molecular weight excluding hydrogens is 204 g/mol. The number of rotatable bonds is 3. The standard InChI is InChI=1S/C12H22N2O2/c15-10-11-5-4-8-14(11)9-12(16)13-6-2-1-3-7-13/h11,15H,1-10H2. The predicted octanol–water partition coefficient (Wildman–Crippen LogP) is 0.456. The minimum Gasteiger partial charge on any atom is -0.395 e. The van der Waals surface area contributed by atoms with Crippen LogP contribution in [0.1, 0.15) is 32.1 Å². The van der Waals surface area contributed by atoms with Gasteiger partial charge in [0.05, 0.1) is 13.2 Å². The Bertz CT molecular complexity index is 239. The van der Waals surface area contributed by atoms with Crippen LogP contribution in [0.3, 0.4) is 0 Å². The highest BCUT2D eigenvalue weighted by Gasteiger charge is 2.27. The molecule has 0 aromatic carbocycles. The first-order chi connectivity index (χ1) is 7.81. The highest BCUT2D eigenvalue weighted by atomic mass is 16.3. The second-order valence-electron chi connectivity index (χ2n) is 4.89. The van der Waals surface area contributed by atoms with Crippen molar-refractivity contribution in [1.29, 1.82) is 0 Å². The monoisotopic (exact) mass is 226 g/mol. The van der Waals surface area contributed by atoms with Crippen molar-refractivity contribution in [1.82, 2.24) is 9.80 Å². The van der Waals surface area contributed by atoms with E-state index in [2.05, 4.69) is 4.90 Å². The Morgan fingerprint density at radius 2 is 1.88 bits per heavy atom. The summed E-state index contributed by atoms with van der Waals surface area (Å²) in [5.41, 5.74) is 0. The van der Waals surface area contributed by atoms with Gasteiger partial charge < -0.3 is 10.0 Å². The van der Waals surface area contributed by atoms with Gasteiger partial charge in [-0.15, -0.1) is 0 Å². The number of amides is 1. The molecule has 0 aromatic heterocycles. The van der Waals surface area contributed by atoms with Crippen molar-refractivity contribution >= 4 is 5.91 Å². The molecule has 4 heteroatoms. The zero-order chi connectivity index (χ0) is 11.4. The molecular formula is C12H22N2O2. The average molecular weight is 226 g/mol. The van der Waals surface area contributed by atoms with Crippen molar-refractivity contribution in [2.75, 3.05) is 32.8 Å². The Labute approximate surface area is 97.2 Å². The third-order valence-electron chi connectivity index (χ3n) is 3.76. The lowest BCUT2D eigenvalue weighted by atomic mass is 10.1. The van der Waals surface area contributed by atoms with Crippen molar-refractivity contribution in [2.24, 2.45) is 0 Å². The molecule has 2 saturated heterocycles. The Kier molecular flexibility index (Phi) is 4.18. The van der Waals surface area contributed by atoms with Crippen molar-refractivity contribution in [3.8, 4) is 0 Å². The molecule has 2 heterocycles. The van der Waals surface area contributed by atoms with E-state index in [4.69, 9.17) is 0 Å². The smallest absolute Gasteiger partial charge is 0.236 e. The van der Waals surface area contributed by atoms with E-state index < -0.39 is 0 Å². The van der Waals surface area contributed by atoms with Gasteiger partial charge in [0.2, 0.25) is 5.91 Å². The lowest BCUT2D eigenvalue weighted by molar-refractivity contribution is -0.133. The van der Waals surface area contributed by atoms with E-state index in [1.807, 2.05) is 4.90 Å². The summed E-state index contributed by atoms with van der Waals surface area (Å²) in [5, 5.41) is 9.19. The molecule has 0 spiro atoms. The summed E-state index contributed by atoms with van der Waals surface area (Å²) in [4.78, 5) is 16.1. The molecule has 4 nitrogen and oxygen atoms in total. The van der Waals surface area contributed by atoms with Crippen LogP contribution < -0.4 is 0 Å². The van der Waals surface area contributed by atoms with E-state index in [1.165, 1.54) is 6.42 Å². The van der Waals surface area contributed by atoms with Crippen LogP contribution >= 0.6 is 0 Å². The molecule has 92 valence electrons. The minimum atomic E-state index is 0.188. The fourth-order valence-corrected chi connectivity index (χ4v) is 2.73. The molecule has 2 aliphatic rings. The van der Waals surface area contributed by atoms with Gasteiger partial charge in [0.15, 0.2) is 0 Å². The first kappa shape index (κ1) is 11.9. The number of piperidine rings is 1. The zero-order valence-electron chi connectivity index (χ0n) is 9.90. The minimum absolute atomic E-state index is 0.188. The second-order valence-corrected chi connectivity index (χ2v) is 4.89. The number of likely N-dealkylation sites (tertiary alicyclic amines) is 2. The van der Waals surface area contributed by atoms with Crippen molar-refractivity contribution in [3.05, 3.63) is 0 Å². The molecule has 0 aliphatic carbocycles. The van der Waals surface area contributed by atoms with Gasteiger partial charge in [-0.1, -0.05) is 0 Å². The van der Waals surface area contributed by atoms with Gasteiger partial charge in [-0.25, -0.2) is 0 Å². The molecule has 0 saturated carbocycles. The molecule has 0 radical (unpaired) electrons. The van der Waals surface area contributed by atoms with Crippen LogP contribution in [-0.4, -0.2) is 59.6 Å². The molecule has 0 bridgehead atoms. The van der Waals surface area contributed by atoms with Crippen molar-refractivity contribution in [3.63, 3.8) is 0 Å². The molecule has 1 unspecified atom stereocenters. The third-order valence-corrected chi connectivity index (χ3v) is 3.76. The maximum atomic E-state index is 12.0. The van der Waals surface area contributed by atoms with Gasteiger partial charge >= 0.3 is 0 Å². The van der Waals surface area contributed by atoms with E-state index in [1.54, 1.807) is 0 Å². The topological polar surface area (TPSA) is 43.8 Å². The number of hydrogen-bond acceptors (Lipinski definition) is 3. The summed E-state index contributed by atoms with van der Waals surface area (Å²) in [6.45, 7) is 3.51. The summed E-state index contributed by atoms with van der Waals surface area (Å²) >= 11 is 0. The van der Waals surface area contributed by atoms with Gasteiger partial charge in [-0.3, -0.25) is 9.69 Å². The Morgan fingerprint density at radius 3 is 2.56 bits per heavy atom. The molecule has 2 fully saturated rings. The highest BCUT2D eigenvalue weighted by Crippen LogP contribution is 2.17. The van der Waals surface area contributed by atoms with E-state index in [-0.39, 0.29) is 18.6 Å². The molecule has 1 amide bonds. The Hall–Kier alpha value is -0.610. The van der Waals surface area contributed by atoms with Crippen LogP contribution in [-0.2, 0) is 4.79 Å². The second kappa shape index (κ2) is 5.64. The molecule has 2 aliphatic heterocycles. The van der Waals surface area contributed by atoms with Crippen LogP contribution in [0, 0.1) is 0 Å². The number of aliphatic hydroxyl groups is 1. The Morgan fingerprint density at radius 1 is 1.12 bits per heavy atom.